The fraction of sp³-hybridized carbons (Fsp3) is 0.400. The van der Waals surface area contributed by atoms with Crippen LogP contribution in [-0.2, 0) is 4.79 Å². The van der Waals surface area contributed by atoms with E-state index in [1.165, 1.54) is 0 Å². The normalized spacial score (nSPS) is 17.7. The Morgan fingerprint density at radius 2 is 2.00 bits per heavy atom. The van der Waals surface area contributed by atoms with Crippen LogP contribution in [0.15, 0.2) is 34.8 Å². The predicted octanol–water partition coefficient (Wildman–Crippen LogP) is 2.63. The van der Waals surface area contributed by atoms with Crippen molar-refractivity contribution in [1.82, 2.24) is 9.80 Å². The summed E-state index contributed by atoms with van der Waals surface area (Å²) in [5, 5.41) is 0. The smallest absolute Gasteiger partial charge is 0.246 e. The van der Waals surface area contributed by atoms with Gasteiger partial charge in [-0.1, -0.05) is 34.1 Å². The summed E-state index contributed by atoms with van der Waals surface area (Å²) in [6, 6.07) is 7.90. The van der Waals surface area contributed by atoms with Gasteiger partial charge in [0.05, 0.1) is 0 Å². The van der Waals surface area contributed by atoms with Crippen molar-refractivity contribution in [3.63, 3.8) is 0 Å². The monoisotopic (exact) mass is 322 g/mol. The predicted molar refractivity (Wildman–Crippen MR) is 81.9 cm³/mol. The maximum atomic E-state index is 12.1. The average Bonchev–Trinajstić information content (AvgIpc) is 2.62. The molecular weight excluding hydrogens is 304 g/mol. The van der Waals surface area contributed by atoms with Crippen LogP contribution in [0.4, 0.5) is 0 Å². The lowest BCUT2D eigenvalue weighted by molar-refractivity contribution is -0.125. The SMILES string of the molecule is CN1CCCN(C(=O)/C=C/c2ccccc2Br)CC1. The largest absolute Gasteiger partial charge is 0.338 e. The van der Waals surface area contributed by atoms with Crippen molar-refractivity contribution in [2.24, 2.45) is 0 Å². The molecule has 0 atom stereocenters. The fourth-order valence-corrected chi connectivity index (χ4v) is 2.56. The second-order valence-electron chi connectivity index (χ2n) is 4.84. The molecule has 1 aromatic rings. The topological polar surface area (TPSA) is 23.6 Å². The van der Waals surface area contributed by atoms with Crippen molar-refractivity contribution in [3.8, 4) is 0 Å². The van der Waals surface area contributed by atoms with Crippen molar-refractivity contribution in [2.45, 2.75) is 6.42 Å². The lowest BCUT2D eigenvalue weighted by Crippen LogP contribution is -2.33. The van der Waals surface area contributed by atoms with Gasteiger partial charge in [0.1, 0.15) is 0 Å². The molecule has 0 bridgehead atoms. The van der Waals surface area contributed by atoms with Crippen molar-refractivity contribution in [2.75, 3.05) is 33.2 Å². The number of amides is 1. The summed E-state index contributed by atoms with van der Waals surface area (Å²) < 4.78 is 1.01. The highest BCUT2D eigenvalue weighted by molar-refractivity contribution is 9.10. The van der Waals surface area contributed by atoms with Gasteiger partial charge in [-0.2, -0.15) is 0 Å². The van der Waals surface area contributed by atoms with E-state index in [4.69, 9.17) is 0 Å². The maximum absolute atomic E-state index is 12.1. The van der Waals surface area contributed by atoms with Crippen molar-refractivity contribution in [1.29, 1.82) is 0 Å². The molecule has 19 heavy (non-hydrogen) atoms. The van der Waals surface area contributed by atoms with Gasteiger partial charge in [-0.05, 0) is 37.7 Å². The molecule has 0 aromatic heterocycles. The van der Waals surface area contributed by atoms with Crippen molar-refractivity contribution < 1.29 is 4.79 Å². The molecule has 1 amide bonds. The second-order valence-corrected chi connectivity index (χ2v) is 5.69. The maximum Gasteiger partial charge on any atom is 0.246 e. The molecule has 1 aliphatic rings. The van der Waals surface area contributed by atoms with Crippen LogP contribution in [0.5, 0.6) is 0 Å². The summed E-state index contributed by atoms with van der Waals surface area (Å²) in [4.78, 5) is 16.3. The van der Waals surface area contributed by atoms with Gasteiger partial charge in [-0.15, -0.1) is 0 Å². The minimum atomic E-state index is 0.103. The van der Waals surface area contributed by atoms with Gasteiger partial charge in [0, 0.05) is 30.2 Å². The minimum absolute atomic E-state index is 0.103. The summed E-state index contributed by atoms with van der Waals surface area (Å²) in [6.45, 7) is 3.69. The number of hydrogen-bond donors (Lipinski definition) is 0. The van der Waals surface area contributed by atoms with Crippen molar-refractivity contribution in [3.05, 3.63) is 40.4 Å². The third kappa shape index (κ3) is 4.18. The van der Waals surface area contributed by atoms with Crippen LogP contribution in [0.25, 0.3) is 6.08 Å². The molecule has 0 spiro atoms. The number of rotatable bonds is 2. The zero-order valence-electron chi connectivity index (χ0n) is 11.2. The van der Waals surface area contributed by atoms with E-state index in [9.17, 15) is 4.79 Å². The van der Waals surface area contributed by atoms with Crippen LogP contribution < -0.4 is 0 Å². The number of halogens is 1. The molecule has 1 aromatic carbocycles. The molecule has 1 saturated heterocycles. The second kappa shape index (κ2) is 6.87. The number of carbonyl (C=O) groups excluding carboxylic acids is 1. The van der Waals surface area contributed by atoms with Crippen LogP contribution in [-0.4, -0.2) is 48.9 Å². The molecule has 102 valence electrons. The standard InChI is InChI=1S/C15H19BrN2O/c1-17-9-4-10-18(12-11-17)15(19)8-7-13-5-2-3-6-14(13)16/h2-3,5-8H,4,9-12H2,1H3/b8-7+. The van der Waals surface area contributed by atoms with Gasteiger partial charge < -0.3 is 9.80 Å². The first-order chi connectivity index (χ1) is 9.16. The Morgan fingerprint density at radius 1 is 1.21 bits per heavy atom. The number of nitrogens with zero attached hydrogens (tertiary/aromatic N) is 2. The fourth-order valence-electron chi connectivity index (χ4n) is 2.14. The van der Waals surface area contributed by atoms with Crippen LogP contribution in [0.3, 0.4) is 0 Å². The number of benzene rings is 1. The van der Waals surface area contributed by atoms with E-state index < -0.39 is 0 Å². The van der Waals surface area contributed by atoms with Gasteiger partial charge in [-0.3, -0.25) is 4.79 Å². The Morgan fingerprint density at radius 3 is 2.79 bits per heavy atom. The van der Waals surface area contributed by atoms with Gasteiger partial charge >= 0.3 is 0 Å². The average molecular weight is 323 g/mol. The first-order valence-corrected chi connectivity index (χ1v) is 7.36. The molecule has 0 saturated carbocycles. The lowest BCUT2D eigenvalue weighted by atomic mass is 10.2. The molecule has 0 unspecified atom stereocenters. The summed E-state index contributed by atoms with van der Waals surface area (Å²) in [5.41, 5.74) is 1.03. The quantitative estimate of drug-likeness (QED) is 0.781. The first kappa shape index (κ1) is 14.3. The Kier molecular flexibility index (Phi) is 5.16. The summed E-state index contributed by atoms with van der Waals surface area (Å²) in [7, 11) is 2.10. The zero-order valence-corrected chi connectivity index (χ0v) is 12.8. The van der Waals surface area contributed by atoms with Gasteiger partial charge in [0.15, 0.2) is 0 Å². The highest BCUT2D eigenvalue weighted by Crippen LogP contribution is 2.17. The molecule has 4 heteroatoms. The number of hydrogen-bond acceptors (Lipinski definition) is 2. The molecule has 0 N–H and O–H groups in total. The summed E-state index contributed by atoms with van der Waals surface area (Å²) in [5.74, 6) is 0.103. The minimum Gasteiger partial charge on any atom is -0.338 e. The molecule has 2 rings (SSSR count). The van der Waals surface area contributed by atoms with Gasteiger partial charge in [0.25, 0.3) is 0 Å². The third-order valence-electron chi connectivity index (χ3n) is 3.34. The van der Waals surface area contributed by atoms with E-state index in [-0.39, 0.29) is 5.91 Å². The zero-order chi connectivity index (χ0) is 13.7. The van der Waals surface area contributed by atoms with E-state index >= 15 is 0 Å². The Hall–Kier alpha value is -1.13. The summed E-state index contributed by atoms with van der Waals surface area (Å²) >= 11 is 3.48. The van der Waals surface area contributed by atoms with E-state index in [0.717, 1.165) is 42.6 Å². The molecular formula is C15H19BrN2O. The van der Waals surface area contributed by atoms with Gasteiger partial charge in [-0.25, -0.2) is 0 Å². The number of likely N-dealkylation sites (N-methyl/N-ethyl adjacent to an activating group) is 1. The molecule has 0 aliphatic carbocycles. The van der Waals surface area contributed by atoms with E-state index in [2.05, 4.69) is 27.9 Å². The van der Waals surface area contributed by atoms with Crippen LogP contribution >= 0.6 is 15.9 Å². The Bertz CT molecular complexity index is 473. The van der Waals surface area contributed by atoms with Crippen LogP contribution in [0, 0.1) is 0 Å². The Balaban J connectivity index is 1.99. The lowest BCUT2D eigenvalue weighted by Gasteiger charge is -2.18. The van der Waals surface area contributed by atoms with E-state index in [1.807, 2.05) is 35.2 Å². The Labute approximate surface area is 123 Å². The molecule has 1 fully saturated rings. The molecule has 0 radical (unpaired) electrons. The first-order valence-electron chi connectivity index (χ1n) is 6.57. The highest BCUT2D eigenvalue weighted by Gasteiger charge is 2.15. The van der Waals surface area contributed by atoms with E-state index in [0.29, 0.717) is 0 Å². The molecule has 1 heterocycles. The highest BCUT2D eigenvalue weighted by atomic mass is 79.9. The number of carbonyl (C=O) groups is 1. The van der Waals surface area contributed by atoms with E-state index in [1.54, 1.807) is 6.08 Å². The summed E-state index contributed by atoms with van der Waals surface area (Å²) in [6.07, 6.45) is 4.59. The molecule has 1 aliphatic heterocycles. The van der Waals surface area contributed by atoms with Crippen LogP contribution in [0.1, 0.15) is 12.0 Å². The van der Waals surface area contributed by atoms with Crippen LogP contribution in [0.2, 0.25) is 0 Å². The van der Waals surface area contributed by atoms with Gasteiger partial charge in [0.2, 0.25) is 5.91 Å². The van der Waals surface area contributed by atoms with Crippen molar-refractivity contribution >= 4 is 27.9 Å². The molecule has 3 nitrogen and oxygen atoms in total. The third-order valence-corrected chi connectivity index (χ3v) is 4.06.